The molecule has 0 atom stereocenters. The highest BCUT2D eigenvalue weighted by Gasteiger charge is 2.46. The van der Waals surface area contributed by atoms with Gasteiger partial charge in [0.15, 0.2) is 5.78 Å². The van der Waals surface area contributed by atoms with Crippen molar-refractivity contribution in [3.63, 3.8) is 0 Å². The van der Waals surface area contributed by atoms with E-state index in [1.165, 1.54) is 15.9 Å². The first kappa shape index (κ1) is 22.3. The maximum atomic E-state index is 13.0. The lowest BCUT2D eigenvalue weighted by Gasteiger charge is -2.27. The summed E-state index contributed by atoms with van der Waals surface area (Å²) in [5, 5.41) is 12.7. The highest BCUT2D eigenvalue weighted by atomic mass is 35.5. The summed E-state index contributed by atoms with van der Waals surface area (Å²) in [6, 6.07) is 31.4. The van der Waals surface area contributed by atoms with Crippen LogP contribution in [0.4, 0.5) is 0 Å². The van der Waals surface area contributed by atoms with Crippen LogP contribution in [0.15, 0.2) is 91.0 Å². The molecule has 0 aliphatic carbocycles. The maximum Gasteiger partial charge on any atom is 0.171 e. The minimum absolute atomic E-state index is 0. The highest BCUT2D eigenvalue weighted by Crippen LogP contribution is 2.55. The van der Waals surface area contributed by atoms with E-state index in [0.717, 1.165) is 6.42 Å². The Bertz CT molecular complexity index is 742. The number of halogens is 1. The van der Waals surface area contributed by atoms with E-state index in [4.69, 9.17) is 5.11 Å². The van der Waals surface area contributed by atoms with Gasteiger partial charge in [-0.25, -0.2) is 0 Å². The van der Waals surface area contributed by atoms with Crippen LogP contribution in [0.2, 0.25) is 0 Å². The molecule has 3 aromatic rings. The number of hydrogen-bond acceptors (Lipinski definition) is 2. The van der Waals surface area contributed by atoms with Crippen molar-refractivity contribution in [2.75, 3.05) is 12.8 Å². The summed E-state index contributed by atoms with van der Waals surface area (Å²) in [4.78, 5) is 13.0. The Balaban J connectivity index is 0.00000280. The van der Waals surface area contributed by atoms with E-state index in [1.54, 1.807) is 0 Å². The van der Waals surface area contributed by atoms with Crippen LogP contribution in [0, 0.1) is 0 Å². The molecule has 0 heterocycles. The van der Waals surface area contributed by atoms with E-state index in [-0.39, 0.29) is 24.8 Å². The molecule has 0 spiro atoms. The number of unbranched alkanes of at least 4 members (excludes halogenated alkanes) is 1. The Morgan fingerprint density at radius 2 is 1.07 bits per heavy atom. The van der Waals surface area contributed by atoms with Gasteiger partial charge in [-0.2, -0.15) is 0 Å². The second kappa shape index (κ2) is 11.1. The number of carbonyl (C=O) groups is 1. The lowest BCUT2D eigenvalue weighted by atomic mass is 10.2. The fourth-order valence-corrected chi connectivity index (χ4v) is 7.72. The average Bonchev–Trinajstić information content (AvgIpc) is 2.74. The van der Waals surface area contributed by atoms with Gasteiger partial charge in [-0.05, 0) is 49.2 Å². The van der Waals surface area contributed by atoms with Crippen LogP contribution < -0.4 is 28.3 Å². The number of hydrogen-bond donors (Lipinski definition) is 1. The predicted octanol–water partition coefficient (Wildman–Crippen LogP) is 0.716. The van der Waals surface area contributed by atoms with Crippen LogP contribution in [0.5, 0.6) is 0 Å². The van der Waals surface area contributed by atoms with Crippen LogP contribution in [-0.2, 0) is 4.79 Å². The standard InChI is InChI=1S/C24H26O2P.ClH/c25-19-11-10-12-21(26)20-27(22-13-4-1-5-14-22,23-15-6-2-7-16-23)24-17-8-3-9-18-24;/h1-9,13-18,25H,10-12,19-20H2;1H/q+1;/p-1. The van der Waals surface area contributed by atoms with Crippen molar-refractivity contribution in [3.05, 3.63) is 91.0 Å². The fraction of sp³-hybridized carbons (Fsp3) is 0.208. The molecule has 0 radical (unpaired) electrons. The summed E-state index contributed by atoms with van der Waals surface area (Å²) in [5.74, 6) is 0.272. The molecule has 0 saturated carbocycles. The van der Waals surface area contributed by atoms with Gasteiger partial charge in [-0.15, -0.1) is 0 Å². The third-order valence-corrected chi connectivity index (χ3v) is 9.23. The molecule has 0 fully saturated rings. The molecular formula is C24H26ClO2P. The molecule has 1 N–H and O–H groups in total. The maximum absolute atomic E-state index is 13.0. The van der Waals surface area contributed by atoms with Crippen LogP contribution in [-0.4, -0.2) is 23.7 Å². The molecule has 2 nitrogen and oxygen atoms in total. The SMILES string of the molecule is O=C(CCCCO)C[P+](c1ccccc1)(c1ccccc1)c1ccccc1.[Cl-]. The Hall–Kier alpha value is -1.99. The van der Waals surface area contributed by atoms with Crippen molar-refractivity contribution in [2.45, 2.75) is 19.3 Å². The molecule has 0 saturated heterocycles. The highest BCUT2D eigenvalue weighted by molar-refractivity contribution is 7.96. The summed E-state index contributed by atoms with van der Waals surface area (Å²) < 4.78 is 0. The second-order valence-corrected chi connectivity index (χ2v) is 10.2. The number of aliphatic hydroxyl groups excluding tert-OH is 1. The number of rotatable bonds is 9. The van der Waals surface area contributed by atoms with Crippen molar-refractivity contribution in [2.24, 2.45) is 0 Å². The van der Waals surface area contributed by atoms with Gasteiger partial charge >= 0.3 is 0 Å². The zero-order valence-electron chi connectivity index (χ0n) is 15.9. The van der Waals surface area contributed by atoms with Crippen molar-refractivity contribution in [1.29, 1.82) is 0 Å². The molecule has 0 aliphatic rings. The quantitative estimate of drug-likeness (QED) is 0.415. The summed E-state index contributed by atoms with van der Waals surface area (Å²) in [6.45, 7) is 0.142. The molecule has 0 aliphatic heterocycles. The van der Waals surface area contributed by atoms with E-state index >= 15 is 0 Å². The van der Waals surface area contributed by atoms with E-state index in [2.05, 4.69) is 72.8 Å². The number of Topliss-reactive ketones (excluding diaryl/α,β-unsaturated/α-hetero) is 1. The Morgan fingerprint density at radius 3 is 1.43 bits per heavy atom. The van der Waals surface area contributed by atoms with E-state index < -0.39 is 7.26 Å². The molecule has 0 amide bonds. The first-order chi connectivity index (χ1) is 13.3. The Morgan fingerprint density at radius 1 is 0.679 bits per heavy atom. The topological polar surface area (TPSA) is 37.3 Å². The monoisotopic (exact) mass is 412 g/mol. The van der Waals surface area contributed by atoms with Gasteiger partial charge in [-0.1, -0.05) is 54.6 Å². The van der Waals surface area contributed by atoms with Crippen molar-refractivity contribution >= 4 is 29.0 Å². The number of carbonyl (C=O) groups excluding carboxylic acids is 1. The fourth-order valence-electron chi connectivity index (χ4n) is 3.55. The number of ketones is 1. The molecular weight excluding hydrogens is 387 g/mol. The number of benzene rings is 3. The average molecular weight is 413 g/mol. The molecule has 0 aromatic heterocycles. The molecule has 3 aromatic carbocycles. The van der Waals surface area contributed by atoms with Gasteiger partial charge in [0, 0.05) is 13.0 Å². The zero-order valence-corrected chi connectivity index (χ0v) is 17.5. The van der Waals surface area contributed by atoms with Crippen molar-refractivity contribution < 1.29 is 22.3 Å². The summed E-state index contributed by atoms with van der Waals surface area (Å²) in [7, 11) is -2.07. The van der Waals surface area contributed by atoms with E-state index in [0.29, 0.717) is 19.0 Å². The Labute approximate surface area is 174 Å². The van der Waals surface area contributed by atoms with Gasteiger partial charge in [-0.3, -0.25) is 4.79 Å². The van der Waals surface area contributed by atoms with Crippen LogP contribution in [0.3, 0.4) is 0 Å². The summed E-state index contributed by atoms with van der Waals surface area (Å²) >= 11 is 0. The third-order valence-electron chi connectivity index (χ3n) is 4.87. The van der Waals surface area contributed by atoms with Crippen LogP contribution in [0.1, 0.15) is 19.3 Å². The van der Waals surface area contributed by atoms with Gasteiger partial charge < -0.3 is 17.5 Å². The third kappa shape index (κ3) is 5.08. The lowest BCUT2D eigenvalue weighted by molar-refractivity contribution is -0.116. The lowest BCUT2D eigenvalue weighted by Crippen LogP contribution is -3.00. The largest absolute Gasteiger partial charge is 1.00 e. The summed E-state index contributed by atoms with van der Waals surface area (Å²) in [6.07, 6.45) is 2.47. The van der Waals surface area contributed by atoms with Crippen LogP contribution >= 0.6 is 7.26 Å². The van der Waals surface area contributed by atoms with Gasteiger partial charge in [0.2, 0.25) is 0 Å². The molecule has 4 heteroatoms. The normalized spacial score (nSPS) is 10.9. The zero-order chi connectivity index (χ0) is 19.0. The number of aliphatic hydroxyl groups is 1. The Kier molecular flexibility index (Phi) is 8.86. The summed E-state index contributed by atoms with van der Waals surface area (Å²) in [5.41, 5.74) is 0. The molecule has 3 rings (SSSR count). The van der Waals surface area contributed by atoms with Gasteiger partial charge in [0.05, 0.1) is 0 Å². The van der Waals surface area contributed by atoms with E-state index in [9.17, 15) is 4.79 Å². The first-order valence-corrected chi connectivity index (χ1v) is 11.4. The molecule has 28 heavy (non-hydrogen) atoms. The molecule has 0 unspecified atom stereocenters. The van der Waals surface area contributed by atoms with Gasteiger partial charge in [0.25, 0.3) is 0 Å². The van der Waals surface area contributed by atoms with Crippen LogP contribution in [0.25, 0.3) is 0 Å². The second-order valence-electron chi connectivity index (χ2n) is 6.69. The first-order valence-electron chi connectivity index (χ1n) is 9.45. The van der Waals surface area contributed by atoms with Gasteiger partial charge in [0.1, 0.15) is 29.3 Å². The smallest absolute Gasteiger partial charge is 0.171 e. The predicted molar refractivity (Wildman–Crippen MR) is 116 cm³/mol. The minimum Gasteiger partial charge on any atom is -1.00 e. The van der Waals surface area contributed by atoms with Crippen molar-refractivity contribution in [1.82, 2.24) is 0 Å². The minimum atomic E-state index is -2.07. The van der Waals surface area contributed by atoms with Crippen molar-refractivity contribution in [3.8, 4) is 0 Å². The molecule has 0 bridgehead atoms. The van der Waals surface area contributed by atoms with E-state index in [1.807, 2.05) is 18.2 Å². The molecule has 146 valence electrons.